The fraction of sp³-hybridized carbons (Fsp3) is 0.368. The Hall–Kier alpha value is -1.71. The van der Waals surface area contributed by atoms with Crippen LogP contribution in [0.5, 0.6) is 11.5 Å². The Bertz CT molecular complexity index is 718. The van der Waals surface area contributed by atoms with Gasteiger partial charge in [-0.3, -0.25) is 0 Å². The predicted molar refractivity (Wildman–Crippen MR) is 95.7 cm³/mol. The summed E-state index contributed by atoms with van der Waals surface area (Å²) in [5.41, 5.74) is 7.09. The maximum Gasteiger partial charge on any atom is 0.161 e. The van der Waals surface area contributed by atoms with Gasteiger partial charge in [0.25, 0.3) is 0 Å². The summed E-state index contributed by atoms with van der Waals surface area (Å²) >= 11 is 0. The molecule has 1 aromatic carbocycles. The van der Waals surface area contributed by atoms with Gasteiger partial charge in [0.1, 0.15) is 0 Å². The third kappa shape index (κ3) is 2.58. The number of allylic oxidation sites excluding steroid dienone is 3. The number of halogens is 1. The molecule has 0 radical (unpaired) electrons. The number of benzene rings is 1. The summed E-state index contributed by atoms with van der Waals surface area (Å²) in [6.45, 7) is 0.983. The molecule has 0 spiro atoms. The van der Waals surface area contributed by atoms with Crippen LogP contribution in [0.4, 0.5) is 0 Å². The first-order chi connectivity index (χ1) is 10.8. The van der Waals surface area contributed by atoms with Crippen LogP contribution in [-0.2, 0) is 6.42 Å². The third-order valence-corrected chi connectivity index (χ3v) is 4.96. The van der Waals surface area contributed by atoms with Crippen LogP contribution in [0.25, 0.3) is 5.57 Å². The van der Waals surface area contributed by atoms with E-state index < -0.39 is 0 Å². The van der Waals surface area contributed by atoms with E-state index in [0.29, 0.717) is 6.04 Å². The van der Waals surface area contributed by atoms with Crippen LogP contribution in [0.15, 0.2) is 41.5 Å². The second-order valence-electron chi connectivity index (χ2n) is 6.05. The Morgan fingerprint density at radius 3 is 2.70 bits per heavy atom. The molecule has 4 heteroatoms. The van der Waals surface area contributed by atoms with E-state index in [1.165, 1.54) is 27.8 Å². The smallest absolute Gasteiger partial charge is 0.161 e. The molecule has 3 nitrogen and oxygen atoms in total. The number of ether oxygens (including phenoxy) is 2. The van der Waals surface area contributed by atoms with Crippen molar-refractivity contribution in [3.8, 4) is 11.5 Å². The molecular formula is C19H22ClNO2. The van der Waals surface area contributed by atoms with Crippen LogP contribution in [0, 0.1) is 0 Å². The van der Waals surface area contributed by atoms with Crippen molar-refractivity contribution >= 4 is 18.0 Å². The van der Waals surface area contributed by atoms with Gasteiger partial charge in [0.05, 0.1) is 14.2 Å². The highest BCUT2D eigenvalue weighted by Crippen LogP contribution is 2.43. The Labute approximate surface area is 143 Å². The topological polar surface area (TPSA) is 30.5 Å². The minimum atomic E-state index is 0. The zero-order chi connectivity index (χ0) is 15.1. The highest BCUT2D eigenvalue weighted by atomic mass is 35.5. The van der Waals surface area contributed by atoms with Gasteiger partial charge >= 0.3 is 0 Å². The lowest BCUT2D eigenvalue weighted by Crippen LogP contribution is -2.39. The minimum Gasteiger partial charge on any atom is -0.493 e. The number of nitrogens with one attached hydrogen (secondary N) is 1. The van der Waals surface area contributed by atoms with Crippen LogP contribution in [0.1, 0.15) is 24.0 Å². The summed E-state index contributed by atoms with van der Waals surface area (Å²) in [6, 6.07) is 4.77. The van der Waals surface area contributed by atoms with E-state index in [4.69, 9.17) is 9.47 Å². The molecule has 1 N–H and O–H groups in total. The van der Waals surface area contributed by atoms with Gasteiger partial charge in [-0.1, -0.05) is 18.2 Å². The molecule has 3 aliphatic rings. The predicted octanol–water partition coefficient (Wildman–Crippen LogP) is 3.68. The van der Waals surface area contributed by atoms with Gasteiger partial charge in [0.2, 0.25) is 0 Å². The molecule has 0 bridgehead atoms. The highest BCUT2D eigenvalue weighted by Gasteiger charge is 2.32. The van der Waals surface area contributed by atoms with Crippen molar-refractivity contribution < 1.29 is 9.47 Å². The van der Waals surface area contributed by atoms with Gasteiger partial charge in [-0.2, -0.15) is 0 Å². The third-order valence-electron chi connectivity index (χ3n) is 4.96. The summed E-state index contributed by atoms with van der Waals surface area (Å²) in [6.07, 6.45) is 9.93. The van der Waals surface area contributed by atoms with Gasteiger partial charge < -0.3 is 14.8 Å². The summed E-state index contributed by atoms with van der Waals surface area (Å²) in [7, 11) is 3.41. The number of rotatable bonds is 2. The first kappa shape index (κ1) is 16.2. The maximum atomic E-state index is 5.52. The average Bonchev–Trinajstić information content (AvgIpc) is 2.59. The second kappa shape index (κ2) is 6.42. The number of aryl methyl sites for hydroxylation is 1. The summed E-state index contributed by atoms with van der Waals surface area (Å²) in [5, 5.41) is 3.70. The molecule has 122 valence electrons. The Kier molecular flexibility index (Phi) is 4.51. The molecule has 4 rings (SSSR count). The number of hydrogen-bond acceptors (Lipinski definition) is 3. The Morgan fingerprint density at radius 1 is 1.13 bits per heavy atom. The molecule has 0 saturated carbocycles. The van der Waals surface area contributed by atoms with Crippen LogP contribution < -0.4 is 14.8 Å². The minimum absolute atomic E-state index is 0. The number of methoxy groups -OCH3 is 2. The lowest BCUT2D eigenvalue weighted by atomic mass is 9.76. The van der Waals surface area contributed by atoms with E-state index in [2.05, 4.69) is 35.7 Å². The fourth-order valence-electron chi connectivity index (χ4n) is 3.87. The molecule has 23 heavy (non-hydrogen) atoms. The molecule has 1 atom stereocenters. The van der Waals surface area contributed by atoms with Crippen molar-refractivity contribution in [3.05, 3.63) is 52.6 Å². The van der Waals surface area contributed by atoms with Crippen molar-refractivity contribution in [1.29, 1.82) is 0 Å². The van der Waals surface area contributed by atoms with E-state index in [1.807, 2.05) is 0 Å². The molecule has 1 unspecified atom stereocenters. The fourth-order valence-corrected chi connectivity index (χ4v) is 3.87. The summed E-state index contributed by atoms with van der Waals surface area (Å²) < 4.78 is 11.0. The van der Waals surface area contributed by atoms with Crippen LogP contribution in [-0.4, -0.2) is 26.8 Å². The first-order valence-electron chi connectivity index (χ1n) is 7.89. The normalized spacial score (nSPS) is 21.5. The van der Waals surface area contributed by atoms with Crippen molar-refractivity contribution in [2.45, 2.75) is 25.3 Å². The average molecular weight is 332 g/mol. The van der Waals surface area contributed by atoms with Gasteiger partial charge in [0, 0.05) is 12.6 Å². The van der Waals surface area contributed by atoms with Crippen LogP contribution >= 0.6 is 12.4 Å². The maximum absolute atomic E-state index is 5.52. The molecule has 0 saturated heterocycles. The Morgan fingerprint density at radius 2 is 1.91 bits per heavy atom. The van der Waals surface area contributed by atoms with Crippen LogP contribution in [0.3, 0.4) is 0 Å². The highest BCUT2D eigenvalue weighted by molar-refractivity contribution is 5.85. The largest absolute Gasteiger partial charge is 0.493 e. The lowest BCUT2D eigenvalue weighted by Gasteiger charge is -2.37. The summed E-state index contributed by atoms with van der Waals surface area (Å²) in [5.74, 6) is 1.64. The van der Waals surface area contributed by atoms with E-state index in [1.54, 1.807) is 14.2 Å². The number of fused-ring (bicyclic) bond motifs is 4. The molecular weight excluding hydrogens is 310 g/mol. The van der Waals surface area contributed by atoms with Crippen molar-refractivity contribution in [1.82, 2.24) is 5.32 Å². The standard InChI is InChI=1S/C19H21NO2.ClH/c1-21-17-9-12-7-8-16-19(15(12)10-18(17)22-2)14-6-4-3-5-13(14)11-20-16;/h3-5,9-10,16,20H,6-8,11H2,1-2H3;1H. The van der Waals surface area contributed by atoms with Crippen molar-refractivity contribution in [3.63, 3.8) is 0 Å². The Balaban J connectivity index is 0.00000156. The van der Waals surface area contributed by atoms with Gasteiger partial charge in [-0.05, 0) is 59.2 Å². The molecule has 1 heterocycles. The van der Waals surface area contributed by atoms with Gasteiger partial charge in [0.15, 0.2) is 11.5 Å². The summed E-state index contributed by atoms with van der Waals surface area (Å²) in [4.78, 5) is 0. The van der Waals surface area contributed by atoms with Crippen molar-refractivity contribution in [2.75, 3.05) is 20.8 Å². The molecule has 0 aromatic heterocycles. The molecule has 0 amide bonds. The first-order valence-corrected chi connectivity index (χ1v) is 7.89. The SMILES string of the molecule is COc1cc2c(cc1OC)C1=C3CC=CC=C3CNC1CC2.Cl. The molecule has 0 fully saturated rings. The van der Waals surface area contributed by atoms with E-state index in [0.717, 1.165) is 37.3 Å². The molecule has 1 aromatic rings. The van der Waals surface area contributed by atoms with Gasteiger partial charge in [-0.25, -0.2) is 0 Å². The zero-order valence-electron chi connectivity index (χ0n) is 13.5. The number of hydrogen-bond donors (Lipinski definition) is 1. The van der Waals surface area contributed by atoms with E-state index in [-0.39, 0.29) is 12.4 Å². The zero-order valence-corrected chi connectivity index (χ0v) is 14.3. The van der Waals surface area contributed by atoms with Crippen molar-refractivity contribution in [2.24, 2.45) is 0 Å². The van der Waals surface area contributed by atoms with Gasteiger partial charge in [-0.15, -0.1) is 12.4 Å². The quantitative estimate of drug-likeness (QED) is 0.896. The molecule has 2 aliphatic carbocycles. The molecule has 1 aliphatic heterocycles. The lowest BCUT2D eigenvalue weighted by molar-refractivity contribution is 0.354. The monoisotopic (exact) mass is 331 g/mol. The second-order valence-corrected chi connectivity index (χ2v) is 6.05. The van der Waals surface area contributed by atoms with E-state index in [9.17, 15) is 0 Å². The van der Waals surface area contributed by atoms with Crippen LogP contribution in [0.2, 0.25) is 0 Å². The van der Waals surface area contributed by atoms with E-state index >= 15 is 0 Å².